The van der Waals surface area contributed by atoms with Crippen molar-refractivity contribution >= 4 is 5.91 Å². The highest BCUT2D eigenvalue weighted by molar-refractivity contribution is 5.79. The largest absolute Gasteiger partial charge is 0.497 e. The predicted octanol–water partition coefficient (Wildman–Crippen LogP) is 2.49. The van der Waals surface area contributed by atoms with E-state index in [1.54, 1.807) is 7.11 Å². The summed E-state index contributed by atoms with van der Waals surface area (Å²) in [6, 6.07) is 8.26. The van der Waals surface area contributed by atoms with Gasteiger partial charge in [0.15, 0.2) is 0 Å². The van der Waals surface area contributed by atoms with Crippen LogP contribution in [0.3, 0.4) is 0 Å². The number of likely N-dealkylation sites (tertiary alicyclic amines) is 1. The molecule has 0 radical (unpaired) electrons. The van der Waals surface area contributed by atoms with Crippen LogP contribution >= 0.6 is 0 Å². The maximum absolute atomic E-state index is 12.7. The van der Waals surface area contributed by atoms with Gasteiger partial charge in [0.1, 0.15) is 11.6 Å². The molecule has 7 nitrogen and oxygen atoms in total. The fourth-order valence-electron chi connectivity index (χ4n) is 4.46. The Morgan fingerprint density at radius 1 is 1.10 bits per heavy atom. The Labute approximate surface area is 184 Å². The maximum atomic E-state index is 12.7. The van der Waals surface area contributed by atoms with Gasteiger partial charge in [0, 0.05) is 49.0 Å². The van der Waals surface area contributed by atoms with Crippen LogP contribution in [0.4, 0.5) is 0 Å². The first kappa shape index (κ1) is 21.7. The molecule has 0 aliphatic carbocycles. The van der Waals surface area contributed by atoms with E-state index in [0.29, 0.717) is 38.6 Å². The number of benzene rings is 1. The summed E-state index contributed by atoms with van der Waals surface area (Å²) in [5.41, 5.74) is 4.11. The molecule has 7 heteroatoms. The zero-order chi connectivity index (χ0) is 21.8. The summed E-state index contributed by atoms with van der Waals surface area (Å²) in [4.78, 5) is 26.7. The van der Waals surface area contributed by atoms with Crippen molar-refractivity contribution in [2.45, 2.75) is 39.2 Å². The fraction of sp³-hybridized carbons (Fsp3) is 0.542. The molecule has 1 atom stereocenters. The van der Waals surface area contributed by atoms with Gasteiger partial charge in [-0.15, -0.1) is 0 Å². The molecular weight excluding hydrogens is 392 g/mol. The van der Waals surface area contributed by atoms with Gasteiger partial charge in [-0.2, -0.15) is 0 Å². The van der Waals surface area contributed by atoms with Crippen molar-refractivity contribution < 1.29 is 14.3 Å². The van der Waals surface area contributed by atoms with Crippen molar-refractivity contribution in [3.63, 3.8) is 0 Å². The fourth-order valence-corrected chi connectivity index (χ4v) is 4.46. The highest BCUT2D eigenvalue weighted by Gasteiger charge is 2.27. The lowest BCUT2D eigenvalue weighted by atomic mass is 10.0. The third-order valence-corrected chi connectivity index (χ3v) is 6.33. The molecule has 2 aromatic rings. The summed E-state index contributed by atoms with van der Waals surface area (Å²) in [6.45, 7) is 9.50. The first-order valence-corrected chi connectivity index (χ1v) is 11.1. The van der Waals surface area contributed by atoms with Crippen LogP contribution in [0.5, 0.6) is 5.75 Å². The second kappa shape index (κ2) is 9.75. The molecule has 0 unspecified atom stereocenters. The van der Waals surface area contributed by atoms with Gasteiger partial charge < -0.3 is 14.4 Å². The number of carbonyl (C=O) groups excluding carboxylic acids is 1. The van der Waals surface area contributed by atoms with Crippen LogP contribution in [0.15, 0.2) is 24.3 Å². The van der Waals surface area contributed by atoms with Gasteiger partial charge in [-0.3, -0.25) is 9.69 Å². The van der Waals surface area contributed by atoms with Crippen LogP contribution < -0.4 is 4.74 Å². The third-order valence-electron chi connectivity index (χ3n) is 6.33. The molecule has 166 valence electrons. The van der Waals surface area contributed by atoms with Crippen LogP contribution in [-0.4, -0.2) is 72.2 Å². The summed E-state index contributed by atoms with van der Waals surface area (Å²) in [5, 5.41) is 0. The Kier molecular flexibility index (Phi) is 6.83. The molecule has 2 aliphatic heterocycles. The minimum Gasteiger partial charge on any atom is -0.497 e. The summed E-state index contributed by atoms with van der Waals surface area (Å²) < 4.78 is 10.6. The van der Waals surface area contributed by atoms with Crippen molar-refractivity contribution in [3.8, 4) is 5.75 Å². The molecule has 0 saturated carbocycles. The number of ether oxygens (including phenoxy) is 2. The van der Waals surface area contributed by atoms with E-state index in [2.05, 4.69) is 17.0 Å². The number of aryl methyl sites for hydroxylation is 2. The average molecular weight is 425 g/mol. The second-order valence-corrected chi connectivity index (χ2v) is 8.47. The van der Waals surface area contributed by atoms with Gasteiger partial charge >= 0.3 is 0 Å². The SMILES string of the molecule is COc1ccc(CN2CC[C@H](c3nc(C)c(CC(=O)N4CCOCC4)c(C)n3)C2)cc1. The number of carbonyl (C=O) groups is 1. The first-order valence-electron chi connectivity index (χ1n) is 11.1. The Morgan fingerprint density at radius 3 is 2.42 bits per heavy atom. The van der Waals surface area contributed by atoms with Crippen molar-refractivity contribution in [2.75, 3.05) is 46.5 Å². The molecule has 0 spiro atoms. The highest BCUT2D eigenvalue weighted by Crippen LogP contribution is 2.27. The monoisotopic (exact) mass is 424 g/mol. The van der Waals surface area contributed by atoms with E-state index in [9.17, 15) is 4.79 Å². The Morgan fingerprint density at radius 2 is 1.77 bits per heavy atom. The zero-order valence-electron chi connectivity index (χ0n) is 18.8. The number of hydrogen-bond donors (Lipinski definition) is 0. The lowest BCUT2D eigenvalue weighted by molar-refractivity contribution is -0.134. The first-order chi connectivity index (χ1) is 15.0. The van der Waals surface area contributed by atoms with E-state index in [1.165, 1.54) is 5.56 Å². The summed E-state index contributed by atoms with van der Waals surface area (Å²) >= 11 is 0. The highest BCUT2D eigenvalue weighted by atomic mass is 16.5. The van der Waals surface area contributed by atoms with Gasteiger partial charge in [-0.05, 0) is 44.5 Å². The van der Waals surface area contributed by atoms with Gasteiger partial charge in [0.2, 0.25) is 5.91 Å². The number of amides is 1. The average Bonchev–Trinajstić information content (AvgIpc) is 3.25. The molecule has 2 aliphatic rings. The van der Waals surface area contributed by atoms with E-state index in [0.717, 1.165) is 54.6 Å². The molecule has 2 saturated heterocycles. The van der Waals surface area contributed by atoms with Gasteiger partial charge in [-0.25, -0.2) is 9.97 Å². The van der Waals surface area contributed by atoms with Gasteiger partial charge in [-0.1, -0.05) is 12.1 Å². The predicted molar refractivity (Wildman–Crippen MR) is 118 cm³/mol. The smallest absolute Gasteiger partial charge is 0.227 e. The van der Waals surface area contributed by atoms with Gasteiger partial charge in [0.05, 0.1) is 26.7 Å². The lowest BCUT2D eigenvalue weighted by Crippen LogP contribution is -2.41. The maximum Gasteiger partial charge on any atom is 0.227 e. The van der Waals surface area contributed by atoms with Crippen LogP contribution in [0, 0.1) is 13.8 Å². The van der Waals surface area contributed by atoms with Crippen molar-refractivity contribution in [1.29, 1.82) is 0 Å². The molecule has 0 N–H and O–H groups in total. The molecule has 1 amide bonds. The number of hydrogen-bond acceptors (Lipinski definition) is 6. The minimum absolute atomic E-state index is 0.136. The Balaban J connectivity index is 1.39. The molecular formula is C24H32N4O3. The van der Waals surface area contributed by atoms with Crippen LogP contribution in [0.25, 0.3) is 0 Å². The Hall–Kier alpha value is -2.51. The normalized spacial score (nSPS) is 19.6. The van der Waals surface area contributed by atoms with Gasteiger partial charge in [0.25, 0.3) is 0 Å². The topological polar surface area (TPSA) is 67.8 Å². The molecule has 31 heavy (non-hydrogen) atoms. The summed E-state index contributed by atoms with van der Waals surface area (Å²) in [6.07, 6.45) is 1.42. The van der Waals surface area contributed by atoms with E-state index in [-0.39, 0.29) is 5.91 Å². The molecule has 2 fully saturated rings. The van der Waals surface area contributed by atoms with E-state index >= 15 is 0 Å². The van der Waals surface area contributed by atoms with Crippen molar-refractivity contribution in [1.82, 2.24) is 19.8 Å². The quantitative estimate of drug-likeness (QED) is 0.710. The number of morpholine rings is 1. The number of methoxy groups -OCH3 is 1. The molecule has 0 bridgehead atoms. The summed E-state index contributed by atoms with van der Waals surface area (Å²) in [5.74, 6) is 2.27. The van der Waals surface area contributed by atoms with E-state index in [4.69, 9.17) is 19.4 Å². The zero-order valence-corrected chi connectivity index (χ0v) is 18.8. The molecule has 3 heterocycles. The number of rotatable bonds is 6. The van der Waals surface area contributed by atoms with E-state index in [1.807, 2.05) is 30.9 Å². The van der Waals surface area contributed by atoms with Crippen molar-refractivity contribution in [3.05, 3.63) is 52.6 Å². The van der Waals surface area contributed by atoms with Crippen LogP contribution in [0.1, 0.15) is 40.7 Å². The van der Waals surface area contributed by atoms with Crippen LogP contribution in [0.2, 0.25) is 0 Å². The van der Waals surface area contributed by atoms with Crippen LogP contribution in [-0.2, 0) is 22.5 Å². The standard InChI is InChI=1S/C24H32N4O3/c1-17-22(14-23(29)28-10-12-31-13-11-28)18(2)26-24(25-17)20-8-9-27(16-20)15-19-4-6-21(30-3)7-5-19/h4-7,20H,8-16H2,1-3H3/t20-/m0/s1. The molecule has 1 aromatic carbocycles. The minimum atomic E-state index is 0.136. The van der Waals surface area contributed by atoms with Crippen molar-refractivity contribution in [2.24, 2.45) is 0 Å². The lowest BCUT2D eigenvalue weighted by Gasteiger charge is -2.27. The second-order valence-electron chi connectivity index (χ2n) is 8.47. The van der Waals surface area contributed by atoms with E-state index < -0.39 is 0 Å². The number of nitrogens with zero attached hydrogens (tertiary/aromatic N) is 4. The Bertz CT molecular complexity index is 887. The molecule has 4 rings (SSSR count). The summed E-state index contributed by atoms with van der Waals surface area (Å²) in [7, 11) is 1.69. The number of aromatic nitrogens is 2. The third kappa shape index (κ3) is 5.22. The molecule has 1 aromatic heterocycles.